The van der Waals surface area contributed by atoms with Gasteiger partial charge in [0.1, 0.15) is 5.52 Å². The highest BCUT2D eigenvalue weighted by atomic mass is 16.3. The molecule has 24 heavy (non-hydrogen) atoms. The number of amides is 1. The van der Waals surface area contributed by atoms with E-state index in [2.05, 4.69) is 4.98 Å². The van der Waals surface area contributed by atoms with E-state index in [-0.39, 0.29) is 19.1 Å². The van der Waals surface area contributed by atoms with Crippen LogP contribution in [0.4, 0.5) is 0 Å². The zero-order valence-corrected chi connectivity index (χ0v) is 13.1. The number of fused-ring (bicyclic) bond motifs is 1. The summed E-state index contributed by atoms with van der Waals surface area (Å²) in [6.07, 6.45) is 2.97. The summed E-state index contributed by atoms with van der Waals surface area (Å²) in [6.45, 7) is 0.624. The van der Waals surface area contributed by atoms with Crippen LogP contribution < -0.4 is 0 Å². The van der Waals surface area contributed by atoms with Crippen LogP contribution in [0.15, 0.2) is 65.1 Å². The van der Waals surface area contributed by atoms with Crippen LogP contribution in [0.2, 0.25) is 0 Å². The van der Waals surface area contributed by atoms with Gasteiger partial charge in [0.05, 0.1) is 6.61 Å². The minimum Gasteiger partial charge on any atom is -0.437 e. The number of aromatic nitrogens is 1. The number of oxazole rings is 1. The zero-order chi connectivity index (χ0) is 16.8. The second-order valence-corrected chi connectivity index (χ2v) is 5.32. The number of carbonyl (C=O) groups is 1. The Bertz CT molecular complexity index is 807. The number of hydrogen-bond acceptors (Lipinski definition) is 4. The summed E-state index contributed by atoms with van der Waals surface area (Å²) in [7, 11) is 0. The Balaban J connectivity index is 1.72. The van der Waals surface area contributed by atoms with Gasteiger partial charge in [-0.3, -0.25) is 4.79 Å². The summed E-state index contributed by atoms with van der Waals surface area (Å²) in [5.74, 6) is 0.184. The molecule has 122 valence electrons. The van der Waals surface area contributed by atoms with Crippen LogP contribution in [0.1, 0.15) is 11.5 Å². The van der Waals surface area contributed by atoms with Gasteiger partial charge in [-0.25, -0.2) is 4.98 Å². The van der Waals surface area contributed by atoms with Crippen LogP contribution in [0.25, 0.3) is 17.2 Å². The standard InChI is InChI=1S/C19H18N2O3/c22-13-12-21(14-15-6-2-1-3-7-15)19(23)11-10-18-20-16-8-4-5-9-17(16)24-18/h1-11,22H,12-14H2/b11-10+. The third-order valence-electron chi connectivity index (χ3n) is 3.58. The lowest BCUT2D eigenvalue weighted by Gasteiger charge is -2.20. The van der Waals surface area contributed by atoms with Crippen molar-refractivity contribution in [3.05, 3.63) is 72.1 Å². The smallest absolute Gasteiger partial charge is 0.247 e. The molecule has 3 aromatic rings. The van der Waals surface area contributed by atoms with Gasteiger partial charge in [-0.2, -0.15) is 0 Å². The molecule has 0 bridgehead atoms. The van der Waals surface area contributed by atoms with Gasteiger partial charge in [-0.1, -0.05) is 42.5 Å². The second kappa shape index (κ2) is 7.57. The van der Waals surface area contributed by atoms with Crippen molar-refractivity contribution in [1.82, 2.24) is 9.88 Å². The maximum atomic E-state index is 12.4. The highest BCUT2D eigenvalue weighted by Crippen LogP contribution is 2.15. The first-order valence-corrected chi connectivity index (χ1v) is 7.73. The number of rotatable bonds is 6. The monoisotopic (exact) mass is 322 g/mol. The van der Waals surface area contributed by atoms with E-state index in [0.717, 1.165) is 11.1 Å². The molecule has 0 atom stereocenters. The number of para-hydroxylation sites is 2. The second-order valence-electron chi connectivity index (χ2n) is 5.32. The number of aliphatic hydroxyl groups excluding tert-OH is 1. The summed E-state index contributed by atoms with van der Waals surface area (Å²) in [5.41, 5.74) is 2.44. The van der Waals surface area contributed by atoms with Crippen molar-refractivity contribution in [3.63, 3.8) is 0 Å². The van der Waals surface area contributed by atoms with Crippen molar-refractivity contribution in [1.29, 1.82) is 0 Å². The number of carbonyl (C=O) groups excluding carboxylic acids is 1. The molecule has 5 heteroatoms. The minimum absolute atomic E-state index is 0.0880. The Labute approximate surface area is 139 Å². The summed E-state index contributed by atoms with van der Waals surface area (Å²) in [4.78, 5) is 18.3. The molecule has 3 rings (SSSR count). The highest BCUT2D eigenvalue weighted by Gasteiger charge is 2.11. The lowest BCUT2D eigenvalue weighted by atomic mass is 10.2. The average Bonchev–Trinajstić information content (AvgIpc) is 3.03. The Morgan fingerprint density at radius 2 is 1.88 bits per heavy atom. The van der Waals surface area contributed by atoms with E-state index in [1.807, 2.05) is 54.6 Å². The molecule has 0 saturated carbocycles. The van der Waals surface area contributed by atoms with Gasteiger partial charge in [0.25, 0.3) is 0 Å². The Hall–Kier alpha value is -2.92. The molecule has 5 nitrogen and oxygen atoms in total. The fraction of sp³-hybridized carbons (Fsp3) is 0.158. The molecule has 0 unspecified atom stereocenters. The SMILES string of the molecule is O=C(/C=C/c1nc2ccccc2o1)N(CCO)Cc1ccccc1. The highest BCUT2D eigenvalue weighted by molar-refractivity contribution is 5.91. The maximum absolute atomic E-state index is 12.4. The molecule has 0 spiro atoms. The van der Waals surface area contributed by atoms with Crippen LogP contribution in [-0.4, -0.2) is 34.0 Å². The largest absolute Gasteiger partial charge is 0.437 e. The first-order valence-electron chi connectivity index (χ1n) is 7.73. The number of benzene rings is 2. The molecule has 1 N–H and O–H groups in total. The van der Waals surface area contributed by atoms with Crippen LogP contribution in [-0.2, 0) is 11.3 Å². The van der Waals surface area contributed by atoms with E-state index >= 15 is 0 Å². The lowest BCUT2D eigenvalue weighted by Crippen LogP contribution is -2.31. The molecular weight excluding hydrogens is 304 g/mol. The fourth-order valence-corrected chi connectivity index (χ4v) is 2.40. The van der Waals surface area contributed by atoms with Crippen LogP contribution in [0, 0.1) is 0 Å². The van der Waals surface area contributed by atoms with E-state index in [9.17, 15) is 9.90 Å². The number of hydrogen-bond donors (Lipinski definition) is 1. The van der Waals surface area contributed by atoms with Crippen LogP contribution >= 0.6 is 0 Å². The Morgan fingerprint density at radius 3 is 2.62 bits per heavy atom. The normalized spacial score (nSPS) is 11.2. The molecule has 0 aliphatic carbocycles. The molecule has 2 aromatic carbocycles. The summed E-state index contributed by atoms with van der Waals surface area (Å²) >= 11 is 0. The topological polar surface area (TPSA) is 66.6 Å². The van der Waals surface area contributed by atoms with Gasteiger partial charge in [0, 0.05) is 25.2 Å². The fourth-order valence-electron chi connectivity index (χ4n) is 2.40. The van der Waals surface area contributed by atoms with E-state index in [0.29, 0.717) is 18.0 Å². The van der Waals surface area contributed by atoms with Crippen molar-refractivity contribution < 1.29 is 14.3 Å². The maximum Gasteiger partial charge on any atom is 0.247 e. The summed E-state index contributed by atoms with van der Waals surface area (Å²) in [5, 5.41) is 9.20. The van der Waals surface area contributed by atoms with Crippen molar-refractivity contribution >= 4 is 23.1 Å². The summed E-state index contributed by atoms with van der Waals surface area (Å²) in [6, 6.07) is 17.1. The molecule has 1 heterocycles. The number of aliphatic hydroxyl groups is 1. The average molecular weight is 322 g/mol. The van der Waals surface area contributed by atoms with Gasteiger partial charge in [-0.05, 0) is 17.7 Å². The molecule has 0 radical (unpaired) electrons. The van der Waals surface area contributed by atoms with Crippen molar-refractivity contribution in [2.24, 2.45) is 0 Å². The van der Waals surface area contributed by atoms with Crippen molar-refractivity contribution in [2.45, 2.75) is 6.54 Å². The molecule has 0 aliphatic heterocycles. The molecule has 1 aromatic heterocycles. The van der Waals surface area contributed by atoms with Crippen LogP contribution in [0.3, 0.4) is 0 Å². The minimum atomic E-state index is -0.199. The van der Waals surface area contributed by atoms with Gasteiger partial charge in [-0.15, -0.1) is 0 Å². The molecule has 0 aliphatic rings. The van der Waals surface area contributed by atoms with Gasteiger partial charge >= 0.3 is 0 Å². The Morgan fingerprint density at radius 1 is 1.12 bits per heavy atom. The van der Waals surface area contributed by atoms with Crippen molar-refractivity contribution in [3.8, 4) is 0 Å². The quantitative estimate of drug-likeness (QED) is 0.709. The molecule has 0 fully saturated rings. The molecule has 0 saturated heterocycles. The van der Waals surface area contributed by atoms with E-state index in [1.54, 1.807) is 11.0 Å². The van der Waals surface area contributed by atoms with Crippen LogP contribution in [0.5, 0.6) is 0 Å². The summed E-state index contributed by atoms with van der Waals surface area (Å²) < 4.78 is 5.56. The van der Waals surface area contributed by atoms with Gasteiger partial charge < -0.3 is 14.4 Å². The molecule has 1 amide bonds. The Kier molecular flexibility index (Phi) is 5.03. The van der Waals surface area contributed by atoms with Crippen molar-refractivity contribution in [2.75, 3.05) is 13.2 Å². The predicted octanol–water partition coefficient (Wildman–Crippen LogP) is 2.86. The lowest BCUT2D eigenvalue weighted by molar-refractivity contribution is -0.127. The van der Waals surface area contributed by atoms with E-state index < -0.39 is 0 Å². The first-order chi connectivity index (χ1) is 11.8. The zero-order valence-electron chi connectivity index (χ0n) is 13.1. The number of nitrogens with zero attached hydrogens (tertiary/aromatic N) is 2. The van der Waals surface area contributed by atoms with Gasteiger partial charge in [0.2, 0.25) is 11.8 Å². The van der Waals surface area contributed by atoms with E-state index in [1.165, 1.54) is 6.08 Å². The third-order valence-corrected chi connectivity index (χ3v) is 3.58. The van der Waals surface area contributed by atoms with Gasteiger partial charge in [0.15, 0.2) is 5.58 Å². The third kappa shape index (κ3) is 3.88. The predicted molar refractivity (Wildman–Crippen MR) is 92.0 cm³/mol. The first kappa shape index (κ1) is 16.0. The molecular formula is C19H18N2O3. The van der Waals surface area contributed by atoms with E-state index in [4.69, 9.17) is 4.42 Å².